The van der Waals surface area contributed by atoms with Crippen molar-refractivity contribution in [2.75, 3.05) is 30.7 Å². The number of nitrogens with zero attached hydrogens (tertiary/aromatic N) is 4. The fourth-order valence-corrected chi connectivity index (χ4v) is 2.50. The Kier molecular flexibility index (Phi) is 5.55. The summed E-state index contributed by atoms with van der Waals surface area (Å²) in [5.41, 5.74) is 5.70. The summed E-state index contributed by atoms with van der Waals surface area (Å²) in [6.45, 7) is 9.29. The number of nitrogens with two attached hydrogens (primary N) is 1. The maximum absolute atomic E-state index is 5.70. The Bertz CT molecular complexity index is 447. The summed E-state index contributed by atoms with van der Waals surface area (Å²) >= 11 is 0. The van der Waals surface area contributed by atoms with Gasteiger partial charge in [0.1, 0.15) is 0 Å². The zero-order chi connectivity index (χ0) is 15.2. The molecule has 0 radical (unpaired) electrons. The van der Waals surface area contributed by atoms with E-state index in [4.69, 9.17) is 10.5 Å². The third-order valence-corrected chi connectivity index (χ3v) is 3.33. The second kappa shape index (κ2) is 7.40. The fourth-order valence-electron chi connectivity index (χ4n) is 2.50. The molecule has 2 heterocycles. The molecule has 0 aromatic carbocycles. The molecule has 0 spiro atoms. The Morgan fingerprint density at radius 1 is 1.14 bits per heavy atom. The van der Waals surface area contributed by atoms with Gasteiger partial charge in [-0.2, -0.15) is 15.0 Å². The van der Waals surface area contributed by atoms with Crippen molar-refractivity contribution in [1.29, 1.82) is 0 Å². The molecule has 21 heavy (non-hydrogen) atoms. The molecule has 1 aromatic rings. The largest absolute Gasteiger partial charge is 0.461 e. The molecule has 1 aliphatic heterocycles. The average molecular weight is 294 g/mol. The van der Waals surface area contributed by atoms with Crippen molar-refractivity contribution in [1.82, 2.24) is 19.9 Å². The Labute approximate surface area is 126 Å². The van der Waals surface area contributed by atoms with Crippen LogP contribution in [0.3, 0.4) is 0 Å². The first-order valence-corrected chi connectivity index (χ1v) is 7.70. The van der Waals surface area contributed by atoms with Gasteiger partial charge < -0.3 is 20.7 Å². The predicted molar refractivity (Wildman–Crippen MR) is 83.4 cm³/mol. The van der Waals surface area contributed by atoms with E-state index in [0.717, 1.165) is 6.54 Å². The van der Waals surface area contributed by atoms with Crippen LogP contribution in [0.1, 0.15) is 40.0 Å². The number of rotatable bonds is 6. The van der Waals surface area contributed by atoms with Gasteiger partial charge in [0.15, 0.2) is 0 Å². The highest BCUT2D eigenvalue weighted by molar-refractivity contribution is 5.33. The van der Waals surface area contributed by atoms with Crippen molar-refractivity contribution in [2.24, 2.45) is 0 Å². The molecule has 7 heteroatoms. The molecule has 1 aromatic heterocycles. The molecule has 0 saturated carbocycles. The summed E-state index contributed by atoms with van der Waals surface area (Å²) in [6.07, 6.45) is 3.93. The molecule has 118 valence electrons. The maximum Gasteiger partial charge on any atom is 0.323 e. The van der Waals surface area contributed by atoms with E-state index in [0.29, 0.717) is 5.95 Å². The molecule has 3 N–H and O–H groups in total. The van der Waals surface area contributed by atoms with Crippen molar-refractivity contribution in [2.45, 2.75) is 52.2 Å². The molecule has 1 fully saturated rings. The number of hydrogen-bond acceptors (Lipinski definition) is 7. The van der Waals surface area contributed by atoms with E-state index in [9.17, 15) is 0 Å². The number of aromatic nitrogens is 3. The molecule has 7 nitrogen and oxygen atoms in total. The van der Waals surface area contributed by atoms with E-state index in [2.05, 4.69) is 32.1 Å². The van der Waals surface area contributed by atoms with Crippen LogP contribution in [0, 0.1) is 0 Å². The predicted octanol–water partition coefficient (Wildman–Crippen LogP) is 1.53. The van der Waals surface area contributed by atoms with Gasteiger partial charge >= 0.3 is 6.01 Å². The van der Waals surface area contributed by atoms with Gasteiger partial charge in [0.2, 0.25) is 11.9 Å². The summed E-state index contributed by atoms with van der Waals surface area (Å²) in [4.78, 5) is 14.8. The highest BCUT2D eigenvalue weighted by Gasteiger charge is 2.15. The quantitative estimate of drug-likeness (QED) is 0.822. The van der Waals surface area contributed by atoms with Gasteiger partial charge in [-0.15, -0.1) is 0 Å². The summed E-state index contributed by atoms with van der Waals surface area (Å²) in [6, 6.07) is 0.516. The third-order valence-electron chi connectivity index (χ3n) is 3.33. The van der Waals surface area contributed by atoms with Crippen molar-refractivity contribution in [3.63, 3.8) is 0 Å². The summed E-state index contributed by atoms with van der Waals surface area (Å²) in [5.74, 6) is 0.649. The van der Waals surface area contributed by atoms with E-state index in [1.807, 2.05) is 13.8 Å². The van der Waals surface area contributed by atoms with Crippen LogP contribution in [0.15, 0.2) is 0 Å². The Balaban J connectivity index is 1.92. The summed E-state index contributed by atoms with van der Waals surface area (Å²) < 4.78 is 5.47. The highest BCUT2D eigenvalue weighted by atomic mass is 16.5. The van der Waals surface area contributed by atoms with Crippen LogP contribution in [0.25, 0.3) is 0 Å². The van der Waals surface area contributed by atoms with Gasteiger partial charge in [-0.05, 0) is 46.7 Å². The fraction of sp³-hybridized carbons (Fsp3) is 0.786. The number of nitrogen functional groups attached to an aromatic ring is 1. The average Bonchev–Trinajstić information content (AvgIpc) is 2.37. The van der Waals surface area contributed by atoms with Crippen molar-refractivity contribution >= 4 is 11.9 Å². The number of piperidine rings is 1. The van der Waals surface area contributed by atoms with E-state index in [-0.39, 0.29) is 24.1 Å². The van der Waals surface area contributed by atoms with Crippen LogP contribution in [-0.2, 0) is 0 Å². The first-order chi connectivity index (χ1) is 10.0. The highest BCUT2D eigenvalue weighted by Crippen LogP contribution is 2.13. The smallest absolute Gasteiger partial charge is 0.323 e. The van der Waals surface area contributed by atoms with E-state index >= 15 is 0 Å². The summed E-state index contributed by atoms with van der Waals surface area (Å²) in [7, 11) is 0. The Morgan fingerprint density at radius 3 is 2.52 bits per heavy atom. The number of anilines is 2. The molecule has 0 aliphatic carbocycles. The number of ether oxygens (including phenoxy) is 1. The van der Waals surface area contributed by atoms with Crippen molar-refractivity contribution < 1.29 is 4.74 Å². The lowest BCUT2D eigenvalue weighted by Crippen LogP contribution is -2.38. The van der Waals surface area contributed by atoms with Gasteiger partial charge in [-0.25, -0.2) is 0 Å². The van der Waals surface area contributed by atoms with Crippen LogP contribution in [0.2, 0.25) is 0 Å². The van der Waals surface area contributed by atoms with Gasteiger partial charge in [0, 0.05) is 12.6 Å². The lowest BCUT2D eigenvalue weighted by molar-refractivity contribution is 0.220. The number of nitrogens with one attached hydrogen (secondary N) is 1. The van der Waals surface area contributed by atoms with Crippen LogP contribution in [-0.4, -0.2) is 51.6 Å². The van der Waals surface area contributed by atoms with Gasteiger partial charge in [0.05, 0.1) is 6.10 Å². The first kappa shape index (κ1) is 15.8. The lowest BCUT2D eigenvalue weighted by Gasteiger charge is -2.29. The van der Waals surface area contributed by atoms with E-state index in [1.54, 1.807) is 0 Å². The normalized spacial score (nSPS) is 17.7. The minimum absolute atomic E-state index is 0.00502. The Morgan fingerprint density at radius 2 is 1.86 bits per heavy atom. The summed E-state index contributed by atoms with van der Waals surface area (Å²) in [5, 5.41) is 3.28. The molecule has 1 unspecified atom stereocenters. The number of hydrogen-bond donors (Lipinski definition) is 2. The molecular formula is C14H26N6O. The van der Waals surface area contributed by atoms with E-state index in [1.165, 1.54) is 32.4 Å². The van der Waals surface area contributed by atoms with Gasteiger partial charge in [-0.3, -0.25) is 0 Å². The van der Waals surface area contributed by atoms with Crippen molar-refractivity contribution in [3.05, 3.63) is 0 Å². The molecule has 1 aliphatic rings. The van der Waals surface area contributed by atoms with Gasteiger partial charge in [0.25, 0.3) is 0 Å². The maximum atomic E-state index is 5.70. The van der Waals surface area contributed by atoms with E-state index < -0.39 is 0 Å². The van der Waals surface area contributed by atoms with Crippen LogP contribution in [0.5, 0.6) is 6.01 Å². The lowest BCUT2D eigenvalue weighted by atomic mass is 10.1. The van der Waals surface area contributed by atoms with Crippen LogP contribution >= 0.6 is 0 Å². The minimum Gasteiger partial charge on any atom is -0.461 e. The molecule has 1 atom stereocenters. The minimum atomic E-state index is 0.00502. The first-order valence-electron chi connectivity index (χ1n) is 7.70. The second-order valence-corrected chi connectivity index (χ2v) is 5.87. The molecule has 0 amide bonds. The number of likely N-dealkylation sites (tertiary alicyclic amines) is 1. The van der Waals surface area contributed by atoms with Crippen LogP contribution in [0.4, 0.5) is 11.9 Å². The third kappa shape index (κ3) is 5.34. The zero-order valence-corrected chi connectivity index (χ0v) is 13.2. The SMILES string of the molecule is CC(CN1CCCCC1)Nc1nc(N)nc(OC(C)C)n1. The standard InChI is InChI=1S/C14H26N6O/c1-10(2)21-14-18-12(15)17-13(19-14)16-11(3)9-20-7-5-4-6-8-20/h10-11H,4-9H2,1-3H3,(H3,15,16,17,18,19). The Hall–Kier alpha value is -1.63. The molecule has 1 saturated heterocycles. The molecule has 0 bridgehead atoms. The topological polar surface area (TPSA) is 89.2 Å². The molecule has 2 rings (SSSR count). The van der Waals surface area contributed by atoms with Gasteiger partial charge in [-0.1, -0.05) is 6.42 Å². The van der Waals surface area contributed by atoms with Crippen molar-refractivity contribution in [3.8, 4) is 6.01 Å². The zero-order valence-electron chi connectivity index (χ0n) is 13.2. The monoisotopic (exact) mass is 294 g/mol. The second-order valence-electron chi connectivity index (χ2n) is 5.87. The van der Waals surface area contributed by atoms with Crippen LogP contribution < -0.4 is 15.8 Å². The molecular weight excluding hydrogens is 268 g/mol.